The third-order valence-corrected chi connectivity index (χ3v) is 4.89. The van der Waals surface area contributed by atoms with E-state index in [0.29, 0.717) is 32.2 Å². The van der Waals surface area contributed by atoms with Crippen LogP contribution in [0.5, 0.6) is 0 Å². The van der Waals surface area contributed by atoms with E-state index in [1.54, 1.807) is 11.8 Å². The molecule has 0 aliphatic carbocycles. The normalized spacial score (nSPS) is 20.2. The number of nitrogens with one attached hydrogen (secondary N) is 1. The average Bonchev–Trinajstić information content (AvgIpc) is 2.63. The molecule has 9 heteroatoms. The molecule has 0 bridgehead atoms. The summed E-state index contributed by atoms with van der Waals surface area (Å²) >= 11 is 0. The van der Waals surface area contributed by atoms with Gasteiger partial charge in [0.05, 0.1) is 13.2 Å². The minimum Gasteiger partial charge on any atom is -0.450 e. The Labute approximate surface area is 155 Å². The number of piperazine rings is 1. The summed E-state index contributed by atoms with van der Waals surface area (Å²) in [6, 6.07) is 0.239. The van der Waals surface area contributed by atoms with Gasteiger partial charge in [-0.3, -0.25) is 14.7 Å². The van der Waals surface area contributed by atoms with E-state index in [1.807, 2.05) is 11.8 Å². The highest BCUT2D eigenvalue weighted by Crippen LogP contribution is 2.11. The van der Waals surface area contributed by atoms with Gasteiger partial charge in [-0.1, -0.05) is 0 Å². The van der Waals surface area contributed by atoms with Crippen molar-refractivity contribution in [2.45, 2.75) is 32.7 Å². The van der Waals surface area contributed by atoms with Crippen LogP contribution in [0.2, 0.25) is 0 Å². The summed E-state index contributed by atoms with van der Waals surface area (Å²) < 4.78 is 5.02. The van der Waals surface area contributed by atoms with Gasteiger partial charge in [-0.25, -0.2) is 4.79 Å². The third-order valence-electron chi connectivity index (χ3n) is 4.89. The maximum absolute atomic E-state index is 11.7. The van der Waals surface area contributed by atoms with E-state index in [-0.39, 0.29) is 18.0 Å². The molecule has 0 aromatic carbocycles. The smallest absolute Gasteiger partial charge is 0.409 e. The largest absolute Gasteiger partial charge is 0.450 e. The molecular formula is C17H32N6O3. The van der Waals surface area contributed by atoms with E-state index in [1.165, 1.54) is 0 Å². The fourth-order valence-corrected chi connectivity index (χ4v) is 3.27. The summed E-state index contributed by atoms with van der Waals surface area (Å²) in [5.74, 6) is 0.604. The number of hydrogen-bond acceptors (Lipinski definition) is 5. The summed E-state index contributed by atoms with van der Waals surface area (Å²) in [7, 11) is 0. The van der Waals surface area contributed by atoms with Crippen LogP contribution in [0.3, 0.4) is 0 Å². The minimum atomic E-state index is -0.238. The Bertz CT molecular complexity index is 497. The molecule has 0 unspecified atom stereocenters. The molecule has 0 atom stereocenters. The van der Waals surface area contributed by atoms with Crippen LogP contribution in [0.1, 0.15) is 26.7 Å². The van der Waals surface area contributed by atoms with Crippen LogP contribution in [-0.2, 0) is 9.53 Å². The molecule has 2 saturated heterocycles. The molecule has 2 aliphatic rings. The summed E-state index contributed by atoms with van der Waals surface area (Å²) in [4.78, 5) is 33.3. The Morgan fingerprint density at radius 2 is 1.77 bits per heavy atom. The first kappa shape index (κ1) is 20.3. The molecule has 148 valence electrons. The number of carbonyl (C=O) groups is 2. The van der Waals surface area contributed by atoms with Gasteiger partial charge < -0.3 is 25.6 Å². The molecule has 2 fully saturated rings. The number of nitrogens with two attached hydrogens (primary N) is 1. The number of carbonyl (C=O) groups excluding carboxylic acids is 2. The molecule has 0 radical (unpaired) electrons. The molecule has 0 aromatic heterocycles. The van der Waals surface area contributed by atoms with Gasteiger partial charge >= 0.3 is 6.09 Å². The van der Waals surface area contributed by atoms with Crippen molar-refractivity contribution in [1.82, 2.24) is 20.0 Å². The van der Waals surface area contributed by atoms with Gasteiger partial charge in [0.2, 0.25) is 5.91 Å². The standard InChI is InChI=1S/C17H32N6O3/c1-3-26-17(25)23-7-4-15(5-8-23)20-16(18)19-6-9-21-10-12-22(13-11-21)14(2)24/h15H,3-13H2,1-2H3,(H3,18,19,20). The highest BCUT2D eigenvalue weighted by Gasteiger charge is 2.23. The third kappa shape index (κ3) is 6.36. The molecule has 26 heavy (non-hydrogen) atoms. The lowest BCUT2D eigenvalue weighted by molar-refractivity contribution is -0.130. The Hall–Kier alpha value is -2.03. The zero-order chi connectivity index (χ0) is 18.9. The number of piperidine rings is 1. The van der Waals surface area contributed by atoms with Crippen LogP contribution < -0.4 is 11.1 Å². The first-order valence-corrected chi connectivity index (χ1v) is 9.45. The van der Waals surface area contributed by atoms with Crippen molar-refractivity contribution in [3.8, 4) is 0 Å². The maximum atomic E-state index is 11.7. The fraction of sp³-hybridized carbons (Fsp3) is 0.824. The van der Waals surface area contributed by atoms with Crippen molar-refractivity contribution >= 4 is 18.0 Å². The fourth-order valence-electron chi connectivity index (χ4n) is 3.27. The van der Waals surface area contributed by atoms with Crippen LogP contribution in [0.25, 0.3) is 0 Å². The summed E-state index contributed by atoms with van der Waals surface area (Å²) in [5.41, 5.74) is 5.99. The lowest BCUT2D eigenvalue weighted by Crippen LogP contribution is -2.49. The molecule has 9 nitrogen and oxygen atoms in total. The summed E-state index contributed by atoms with van der Waals surface area (Å²) in [6.07, 6.45) is 1.43. The number of hydrogen-bond donors (Lipinski definition) is 2. The molecule has 2 aliphatic heterocycles. The quantitative estimate of drug-likeness (QED) is 0.509. The lowest BCUT2D eigenvalue weighted by atomic mass is 10.1. The number of aliphatic imine (C=N–C) groups is 1. The predicted octanol–water partition coefficient (Wildman–Crippen LogP) is -0.324. The van der Waals surface area contributed by atoms with Crippen LogP contribution in [0.15, 0.2) is 4.99 Å². The van der Waals surface area contributed by atoms with Crippen molar-refractivity contribution in [2.24, 2.45) is 10.7 Å². The lowest BCUT2D eigenvalue weighted by Gasteiger charge is -2.34. The van der Waals surface area contributed by atoms with E-state index in [0.717, 1.165) is 45.6 Å². The predicted molar refractivity (Wildman–Crippen MR) is 99.9 cm³/mol. The first-order valence-electron chi connectivity index (χ1n) is 9.45. The number of nitrogens with zero attached hydrogens (tertiary/aromatic N) is 4. The van der Waals surface area contributed by atoms with E-state index < -0.39 is 0 Å². The highest BCUT2D eigenvalue weighted by molar-refractivity contribution is 5.78. The molecule has 2 rings (SSSR count). The van der Waals surface area contributed by atoms with Crippen LogP contribution >= 0.6 is 0 Å². The van der Waals surface area contributed by atoms with Crippen LogP contribution in [-0.4, -0.2) is 97.7 Å². The van der Waals surface area contributed by atoms with Crippen molar-refractivity contribution in [3.05, 3.63) is 0 Å². The van der Waals surface area contributed by atoms with Gasteiger partial charge in [-0.15, -0.1) is 0 Å². The molecule has 2 heterocycles. The SMILES string of the molecule is CCOC(=O)N1CCC(NC(N)=NCCN2CCN(C(C)=O)CC2)CC1. The second-order valence-corrected chi connectivity index (χ2v) is 6.72. The summed E-state index contributed by atoms with van der Waals surface area (Å²) in [6.45, 7) is 9.99. The monoisotopic (exact) mass is 368 g/mol. The average molecular weight is 368 g/mol. The van der Waals surface area contributed by atoms with Crippen LogP contribution in [0, 0.1) is 0 Å². The molecule has 3 N–H and O–H groups in total. The Balaban J connectivity index is 1.62. The minimum absolute atomic E-state index is 0.144. The molecule has 0 saturated carbocycles. The number of ether oxygens (including phenoxy) is 1. The van der Waals surface area contributed by atoms with E-state index >= 15 is 0 Å². The molecule has 0 spiro atoms. The molecule has 0 aromatic rings. The van der Waals surface area contributed by atoms with Crippen molar-refractivity contribution in [3.63, 3.8) is 0 Å². The van der Waals surface area contributed by atoms with Crippen molar-refractivity contribution in [2.75, 3.05) is 59.0 Å². The second kappa shape index (κ2) is 10.2. The highest BCUT2D eigenvalue weighted by atomic mass is 16.6. The van der Waals surface area contributed by atoms with E-state index in [4.69, 9.17) is 10.5 Å². The van der Waals surface area contributed by atoms with Gasteiger partial charge in [0.15, 0.2) is 5.96 Å². The van der Waals surface area contributed by atoms with Crippen molar-refractivity contribution in [1.29, 1.82) is 0 Å². The van der Waals surface area contributed by atoms with E-state index in [9.17, 15) is 9.59 Å². The maximum Gasteiger partial charge on any atom is 0.409 e. The van der Waals surface area contributed by atoms with Crippen molar-refractivity contribution < 1.29 is 14.3 Å². The topological polar surface area (TPSA) is 104 Å². The zero-order valence-corrected chi connectivity index (χ0v) is 15.9. The number of amides is 2. The molecular weight excluding hydrogens is 336 g/mol. The van der Waals surface area contributed by atoms with Gasteiger partial charge in [0, 0.05) is 58.8 Å². The molecule has 2 amide bonds. The Morgan fingerprint density at radius 1 is 1.12 bits per heavy atom. The van der Waals surface area contributed by atoms with Gasteiger partial charge in [-0.2, -0.15) is 0 Å². The Kier molecular flexibility index (Phi) is 7.96. The number of guanidine groups is 1. The van der Waals surface area contributed by atoms with Gasteiger partial charge in [0.1, 0.15) is 0 Å². The van der Waals surface area contributed by atoms with E-state index in [2.05, 4.69) is 15.2 Å². The van der Waals surface area contributed by atoms with Gasteiger partial charge in [-0.05, 0) is 19.8 Å². The zero-order valence-electron chi connectivity index (χ0n) is 15.9. The Morgan fingerprint density at radius 3 is 2.35 bits per heavy atom. The number of likely N-dealkylation sites (tertiary alicyclic amines) is 1. The van der Waals surface area contributed by atoms with Crippen LogP contribution in [0.4, 0.5) is 4.79 Å². The van der Waals surface area contributed by atoms with Gasteiger partial charge in [0.25, 0.3) is 0 Å². The first-order chi connectivity index (χ1) is 12.5. The second-order valence-electron chi connectivity index (χ2n) is 6.72. The summed E-state index contributed by atoms with van der Waals surface area (Å²) in [5, 5.41) is 3.25. The number of rotatable bonds is 5.